The van der Waals surface area contributed by atoms with Crippen LogP contribution >= 0.6 is 11.6 Å². The van der Waals surface area contributed by atoms with Crippen molar-refractivity contribution in [3.8, 4) is 0 Å². The van der Waals surface area contributed by atoms with E-state index in [-0.39, 0.29) is 11.8 Å². The summed E-state index contributed by atoms with van der Waals surface area (Å²) in [6, 6.07) is 12.5. The van der Waals surface area contributed by atoms with Crippen molar-refractivity contribution in [2.24, 2.45) is 0 Å². The number of benzene rings is 2. The summed E-state index contributed by atoms with van der Waals surface area (Å²) in [5, 5.41) is 6.00. The average molecular weight is 345 g/mol. The number of carbonyl (C=O) groups is 2. The third kappa shape index (κ3) is 4.83. The molecule has 0 aliphatic rings. The zero-order valence-electron chi connectivity index (χ0n) is 13.9. The monoisotopic (exact) mass is 344 g/mol. The maximum atomic E-state index is 12.3. The van der Waals surface area contributed by atoms with E-state index >= 15 is 0 Å². The Morgan fingerprint density at radius 2 is 1.71 bits per heavy atom. The van der Waals surface area contributed by atoms with Gasteiger partial charge in [0, 0.05) is 17.7 Å². The van der Waals surface area contributed by atoms with E-state index in [9.17, 15) is 9.59 Å². The summed E-state index contributed by atoms with van der Waals surface area (Å²) in [5.41, 5.74) is 2.80. The Labute approximate surface area is 147 Å². The molecule has 126 valence electrons. The van der Waals surface area contributed by atoms with Crippen molar-refractivity contribution in [2.45, 2.75) is 33.1 Å². The normalized spacial score (nSPS) is 10.3. The summed E-state index contributed by atoms with van der Waals surface area (Å²) < 4.78 is 0. The molecule has 24 heavy (non-hydrogen) atoms. The smallest absolute Gasteiger partial charge is 0.255 e. The molecule has 0 unspecified atom stereocenters. The summed E-state index contributed by atoms with van der Waals surface area (Å²) in [7, 11) is 0. The van der Waals surface area contributed by atoms with Crippen molar-refractivity contribution in [3.63, 3.8) is 0 Å². The van der Waals surface area contributed by atoms with Gasteiger partial charge in [-0.15, -0.1) is 0 Å². The Morgan fingerprint density at radius 3 is 2.33 bits per heavy atom. The minimum atomic E-state index is -0.239. The summed E-state index contributed by atoms with van der Waals surface area (Å²) in [4.78, 5) is 24.0. The molecule has 0 bridgehead atoms. The van der Waals surface area contributed by atoms with Gasteiger partial charge >= 0.3 is 0 Å². The highest BCUT2D eigenvalue weighted by Gasteiger charge is 2.10. The lowest BCUT2D eigenvalue weighted by Crippen LogP contribution is -2.14. The molecule has 0 aliphatic heterocycles. The van der Waals surface area contributed by atoms with Crippen LogP contribution in [0.4, 0.5) is 11.4 Å². The molecule has 0 fully saturated rings. The second-order valence-corrected chi connectivity index (χ2v) is 5.90. The largest absolute Gasteiger partial charge is 0.326 e. The molecule has 0 saturated heterocycles. The molecule has 5 heteroatoms. The van der Waals surface area contributed by atoms with Gasteiger partial charge < -0.3 is 10.6 Å². The minimum Gasteiger partial charge on any atom is -0.326 e. The number of carbonyl (C=O) groups excluding carboxylic acids is 2. The van der Waals surface area contributed by atoms with E-state index in [1.54, 1.807) is 30.3 Å². The number of hydrogen-bond acceptors (Lipinski definition) is 2. The Hall–Kier alpha value is -2.33. The molecule has 0 spiro atoms. The highest BCUT2D eigenvalue weighted by atomic mass is 35.5. The first-order chi connectivity index (χ1) is 11.5. The van der Waals surface area contributed by atoms with Gasteiger partial charge in [0.15, 0.2) is 0 Å². The minimum absolute atomic E-state index is 0.0627. The fourth-order valence-electron chi connectivity index (χ4n) is 2.24. The molecule has 0 aromatic heterocycles. The number of nitrogens with one attached hydrogen (secondary N) is 2. The van der Waals surface area contributed by atoms with Crippen LogP contribution in [0.5, 0.6) is 0 Å². The molecule has 2 aromatic carbocycles. The lowest BCUT2D eigenvalue weighted by molar-refractivity contribution is -0.116. The molecule has 0 heterocycles. The van der Waals surface area contributed by atoms with E-state index in [1.165, 1.54) is 5.56 Å². The van der Waals surface area contributed by atoms with Gasteiger partial charge in [0.1, 0.15) is 0 Å². The van der Waals surface area contributed by atoms with Gasteiger partial charge in [0.05, 0.1) is 10.7 Å². The molecule has 0 atom stereocenters. The third-order valence-electron chi connectivity index (χ3n) is 3.60. The molecule has 2 aromatic rings. The second kappa shape index (κ2) is 8.50. The van der Waals surface area contributed by atoms with Gasteiger partial charge in [-0.1, -0.05) is 37.6 Å². The molecule has 2 N–H and O–H groups in total. The van der Waals surface area contributed by atoms with Crippen LogP contribution in [0.3, 0.4) is 0 Å². The summed E-state index contributed by atoms with van der Waals surface area (Å²) >= 11 is 6.15. The number of rotatable bonds is 6. The molecular formula is C19H21ClN2O2. The van der Waals surface area contributed by atoms with Gasteiger partial charge in [-0.3, -0.25) is 9.59 Å². The molecule has 0 radical (unpaired) electrons. The SMILES string of the molecule is CCCC(=O)Nc1ccc(Cl)c(NC(=O)c2ccc(CC)cc2)c1. The van der Waals surface area contributed by atoms with Crippen LogP contribution in [0.25, 0.3) is 0 Å². The van der Waals surface area contributed by atoms with E-state index in [0.29, 0.717) is 28.4 Å². The van der Waals surface area contributed by atoms with Crippen molar-refractivity contribution >= 4 is 34.8 Å². The van der Waals surface area contributed by atoms with Crippen molar-refractivity contribution in [1.29, 1.82) is 0 Å². The Kier molecular flexibility index (Phi) is 6.38. The molecular weight excluding hydrogens is 324 g/mol. The van der Waals surface area contributed by atoms with Crippen LogP contribution in [0.2, 0.25) is 5.02 Å². The first kappa shape index (κ1) is 18.0. The van der Waals surface area contributed by atoms with Gasteiger partial charge in [0.25, 0.3) is 5.91 Å². The summed E-state index contributed by atoms with van der Waals surface area (Å²) in [5.74, 6) is -0.302. The first-order valence-electron chi connectivity index (χ1n) is 8.03. The molecule has 2 amide bonds. The maximum absolute atomic E-state index is 12.3. The first-order valence-corrected chi connectivity index (χ1v) is 8.41. The fraction of sp³-hybridized carbons (Fsp3) is 0.263. The number of aryl methyl sites for hydroxylation is 1. The average Bonchev–Trinajstić information content (AvgIpc) is 2.58. The van der Waals surface area contributed by atoms with Crippen LogP contribution in [-0.4, -0.2) is 11.8 Å². The van der Waals surface area contributed by atoms with Gasteiger partial charge in [-0.2, -0.15) is 0 Å². The van der Waals surface area contributed by atoms with Gasteiger partial charge in [0.2, 0.25) is 5.91 Å². The molecule has 0 aliphatic carbocycles. The van der Waals surface area contributed by atoms with Crippen molar-refractivity contribution < 1.29 is 9.59 Å². The summed E-state index contributed by atoms with van der Waals surface area (Å²) in [6.07, 6.45) is 2.15. The zero-order chi connectivity index (χ0) is 17.5. The predicted molar refractivity (Wildman–Crippen MR) is 98.8 cm³/mol. The molecule has 2 rings (SSSR count). The van der Waals surface area contributed by atoms with Crippen molar-refractivity contribution in [2.75, 3.05) is 10.6 Å². The van der Waals surface area contributed by atoms with Crippen molar-refractivity contribution in [1.82, 2.24) is 0 Å². The fourth-order valence-corrected chi connectivity index (χ4v) is 2.40. The van der Waals surface area contributed by atoms with Gasteiger partial charge in [-0.25, -0.2) is 0 Å². The lowest BCUT2D eigenvalue weighted by Gasteiger charge is -2.11. The number of halogens is 1. The third-order valence-corrected chi connectivity index (χ3v) is 3.93. The van der Waals surface area contributed by atoms with Crippen LogP contribution in [0, 0.1) is 0 Å². The number of hydrogen-bond donors (Lipinski definition) is 2. The van der Waals surface area contributed by atoms with Crippen LogP contribution < -0.4 is 10.6 Å². The zero-order valence-corrected chi connectivity index (χ0v) is 14.6. The highest BCUT2D eigenvalue weighted by molar-refractivity contribution is 6.34. The Morgan fingerprint density at radius 1 is 1.00 bits per heavy atom. The Balaban J connectivity index is 2.12. The van der Waals surface area contributed by atoms with E-state index in [0.717, 1.165) is 12.8 Å². The second-order valence-electron chi connectivity index (χ2n) is 5.50. The standard InChI is InChI=1S/C19H21ClN2O2/c1-3-5-18(23)21-15-10-11-16(20)17(12-15)22-19(24)14-8-6-13(4-2)7-9-14/h6-12H,3-5H2,1-2H3,(H,21,23)(H,22,24). The van der Waals surface area contributed by atoms with Crippen LogP contribution in [0.1, 0.15) is 42.6 Å². The Bertz CT molecular complexity index is 727. The van der Waals surface area contributed by atoms with Crippen molar-refractivity contribution in [3.05, 3.63) is 58.6 Å². The summed E-state index contributed by atoms with van der Waals surface area (Å²) in [6.45, 7) is 4.00. The van der Waals surface area contributed by atoms with Crippen LogP contribution in [-0.2, 0) is 11.2 Å². The maximum Gasteiger partial charge on any atom is 0.255 e. The number of anilines is 2. The molecule has 0 saturated carbocycles. The predicted octanol–water partition coefficient (Wildman–Crippen LogP) is 4.89. The topological polar surface area (TPSA) is 58.2 Å². The highest BCUT2D eigenvalue weighted by Crippen LogP contribution is 2.26. The van der Waals surface area contributed by atoms with E-state index < -0.39 is 0 Å². The van der Waals surface area contributed by atoms with Crippen LogP contribution in [0.15, 0.2) is 42.5 Å². The van der Waals surface area contributed by atoms with E-state index in [1.807, 2.05) is 19.1 Å². The van der Waals surface area contributed by atoms with Gasteiger partial charge in [-0.05, 0) is 48.7 Å². The van der Waals surface area contributed by atoms with E-state index in [4.69, 9.17) is 11.6 Å². The molecule has 4 nitrogen and oxygen atoms in total. The quantitative estimate of drug-likeness (QED) is 0.783. The lowest BCUT2D eigenvalue weighted by atomic mass is 10.1. The number of amides is 2. The van der Waals surface area contributed by atoms with E-state index in [2.05, 4.69) is 17.6 Å².